The van der Waals surface area contributed by atoms with Crippen molar-refractivity contribution in [3.05, 3.63) is 73.4 Å². The molecule has 4 rings (SSSR count). The molecule has 0 fully saturated rings. The molecule has 0 unspecified atom stereocenters. The predicted molar refractivity (Wildman–Crippen MR) is 121 cm³/mol. The number of para-hydroxylation sites is 1. The summed E-state index contributed by atoms with van der Waals surface area (Å²) in [5.74, 6) is -1.99. The number of anilines is 4. The highest BCUT2D eigenvalue weighted by Gasteiger charge is 2.35. The van der Waals surface area contributed by atoms with Crippen molar-refractivity contribution in [3.8, 4) is 0 Å². The SMILES string of the molecule is O=C1C[C@@H](C(=O)Nc2ccccc2Cl)c2c(nc(Nc3ccc(Cl)cc3Cl)[nH]c2=O)N1. The van der Waals surface area contributed by atoms with Crippen LogP contribution in [0.4, 0.5) is 23.1 Å². The maximum absolute atomic E-state index is 12.9. The van der Waals surface area contributed by atoms with Crippen LogP contribution in [0, 0.1) is 0 Å². The number of carbonyl (C=O) groups excluding carboxylic acids is 2. The zero-order valence-corrected chi connectivity index (χ0v) is 17.9. The average molecular weight is 479 g/mol. The van der Waals surface area contributed by atoms with Crippen molar-refractivity contribution in [1.29, 1.82) is 0 Å². The Morgan fingerprint density at radius 3 is 2.55 bits per heavy atom. The third-order valence-corrected chi connectivity index (χ3v) is 5.46. The van der Waals surface area contributed by atoms with Crippen LogP contribution in [0.1, 0.15) is 17.9 Å². The lowest BCUT2D eigenvalue weighted by Gasteiger charge is -2.24. The van der Waals surface area contributed by atoms with Crippen molar-refractivity contribution in [1.82, 2.24) is 9.97 Å². The molecule has 0 aliphatic carbocycles. The molecule has 3 aromatic rings. The molecule has 2 heterocycles. The van der Waals surface area contributed by atoms with Crippen LogP contribution < -0.4 is 21.5 Å². The van der Waals surface area contributed by atoms with E-state index in [1.54, 1.807) is 36.4 Å². The van der Waals surface area contributed by atoms with Crippen molar-refractivity contribution in [2.24, 2.45) is 0 Å². The number of amides is 2. The van der Waals surface area contributed by atoms with Crippen LogP contribution in [0.3, 0.4) is 0 Å². The molecule has 11 heteroatoms. The molecule has 1 aromatic heterocycles. The van der Waals surface area contributed by atoms with Gasteiger partial charge in [0.15, 0.2) is 0 Å². The van der Waals surface area contributed by atoms with Gasteiger partial charge in [0.25, 0.3) is 5.56 Å². The lowest BCUT2D eigenvalue weighted by molar-refractivity contribution is -0.123. The number of hydrogen-bond acceptors (Lipinski definition) is 5. The summed E-state index contributed by atoms with van der Waals surface area (Å²) in [6.07, 6.45) is -0.205. The molecule has 0 bridgehead atoms. The summed E-state index contributed by atoms with van der Waals surface area (Å²) in [6, 6.07) is 11.4. The van der Waals surface area contributed by atoms with Gasteiger partial charge in [0.1, 0.15) is 5.82 Å². The number of nitrogens with one attached hydrogen (secondary N) is 4. The van der Waals surface area contributed by atoms with Crippen LogP contribution in [0.25, 0.3) is 0 Å². The van der Waals surface area contributed by atoms with Gasteiger partial charge >= 0.3 is 0 Å². The molecular weight excluding hydrogens is 465 g/mol. The molecule has 31 heavy (non-hydrogen) atoms. The normalized spacial score (nSPS) is 15.1. The topological polar surface area (TPSA) is 116 Å². The second-order valence-corrected chi connectivity index (χ2v) is 7.95. The van der Waals surface area contributed by atoms with Gasteiger partial charge in [-0.25, -0.2) is 0 Å². The Hall–Kier alpha value is -3.07. The van der Waals surface area contributed by atoms with Gasteiger partial charge in [-0.15, -0.1) is 0 Å². The predicted octanol–water partition coefficient (Wildman–Crippen LogP) is 4.54. The summed E-state index contributed by atoms with van der Waals surface area (Å²) in [5.41, 5.74) is 0.305. The van der Waals surface area contributed by atoms with E-state index in [2.05, 4.69) is 25.9 Å². The Balaban J connectivity index is 1.66. The number of halogens is 3. The number of H-pyrrole nitrogens is 1. The fourth-order valence-corrected chi connectivity index (χ4v) is 3.79. The van der Waals surface area contributed by atoms with E-state index in [1.807, 2.05) is 0 Å². The molecule has 1 atom stereocenters. The van der Waals surface area contributed by atoms with Gasteiger partial charge in [0.05, 0.1) is 32.9 Å². The number of aromatic nitrogens is 2. The molecule has 0 saturated carbocycles. The molecule has 2 aromatic carbocycles. The molecule has 0 radical (unpaired) electrons. The van der Waals surface area contributed by atoms with E-state index < -0.39 is 23.3 Å². The Kier molecular flexibility index (Phi) is 5.86. The van der Waals surface area contributed by atoms with Gasteiger partial charge < -0.3 is 16.0 Å². The summed E-state index contributed by atoms with van der Waals surface area (Å²) in [6.45, 7) is 0. The zero-order valence-electron chi connectivity index (χ0n) is 15.6. The lowest BCUT2D eigenvalue weighted by atomic mass is 9.92. The Bertz CT molecular complexity index is 1260. The van der Waals surface area contributed by atoms with E-state index in [9.17, 15) is 14.4 Å². The maximum Gasteiger partial charge on any atom is 0.258 e. The molecule has 158 valence electrons. The zero-order chi connectivity index (χ0) is 22.1. The number of hydrogen-bond donors (Lipinski definition) is 4. The maximum atomic E-state index is 12.9. The van der Waals surface area contributed by atoms with E-state index in [1.165, 1.54) is 6.07 Å². The highest BCUT2D eigenvalue weighted by Crippen LogP contribution is 2.32. The van der Waals surface area contributed by atoms with Gasteiger partial charge in [-0.05, 0) is 30.3 Å². The Morgan fingerprint density at radius 2 is 1.81 bits per heavy atom. The van der Waals surface area contributed by atoms with Gasteiger partial charge in [0, 0.05) is 11.4 Å². The van der Waals surface area contributed by atoms with Crippen LogP contribution >= 0.6 is 34.8 Å². The highest BCUT2D eigenvalue weighted by molar-refractivity contribution is 6.36. The molecule has 1 aliphatic rings. The summed E-state index contributed by atoms with van der Waals surface area (Å²) in [4.78, 5) is 44.7. The van der Waals surface area contributed by atoms with Gasteiger partial charge in [-0.3, -0.25) is 19.4 Å². The number of fused-ring (bicyclic) bond motifs is 1. The first kappa shape index (κ1) is 21.2. The fourth-order valence-electron chi connectivity index (χ4n) is 3.16. The molecule has 8 nitrogen and oxygen atoms in total. The monoisotopic (exact) mass is 477 g/mol. The van der Waals surface area contributed by atoms with Crippen molar-refractivity contribution in [3.63, 3.8) is 0 Å². The van der Waals surface area contributed by atoms with Crippen molar-refractivity contribution >= 4 is 69.8 Å². The largest absolute Gasteiger partial charge is 0.324 e. The minimum absolute atomic E-state index is 0.00751. The molecular formula is C20H14Cl3N5O3. The van der Waals surface area contributed by atoms with E-state index in [-0.39, 0.29) is 23.8 Å². The number of nitrogens with zero attached hydrogens (tertiary/aromatic N) is 1. The molecule has 4 N–H and O–H groups in total. The van der Waals surface area contributed by atoms with Crippen LogP contribution in [0.5, 0.6) is 0 Å². The van der Waals surface area contributed by atoms with E-state index >= 15 is 0 Å². The standard InChI is InChI=1S/C20H14Cl3N5O3/c21-9-5-6-14(12(23)7-9)25-20-27-17-16(19(31)28-20)10(8-15(29)26-17)18(30)24-13-4-2-1-3-11(13)22/h1-7,10H,8H2,(H,24,30)(H3,25,26,27,28,29,31)/t10-/m1/s1. The van der Waals surface area contributed by atoms with Crippen LogP contribution in [-0.2, 0) is 9.59 Å². The molecule has 0 saturated heterocycles. The number of carbonyl (C=O) groups is 2. The minimum atomic E-state index is -1.04. The number of rotatable bonds is 4. The van der Waals surface area contributed by atoms with Crippen molar-refractivity contribution < 1.29 is 9.59 Å². The first-order valence-corrected chi connectivity index (χ1v) is 10.2. The van der Waals surface area contributed by atoms with Crippen LogP contribution in [0.15, 0.2) is 47.3 Å². The summed E-state index contributed by atoms with van der Waals surface area (Å²) in [7, 11) is 0. The fraction of sp³-hybridized carbons (Fsp3) is 0.100. The number of benzene rings is 2. The molecule has 2 amide bonds. The van der Waals surface area contributed by atoms with Crippen LogP contribution in [0.2, 0.25) is 15.1 Å². The van der Waals surface area contributed by atoms with Gasteiger partial charge in [-0.2, -0.15) is 4.98 Å². The lowest BCUT2D eigenvalue weighted by Crippen LogP contribution is -2.36. The van der Waals surface area contributed by atoms with Crippen molar-refractivity contribution in [2.75, 3.05) is 16.0 Å². The second-order valence-electron chi connectivity index (χ2n) is 6.70. The summed E-state index contributed by atoms with van der Waals surface area (Å²) < 4.78 is 0. The first-order chi connectivity index (χ1) is 14.8. The smallest absolute Gasteiger partial charge is 0.258 e. The third kappa shape index (κ3) is 4.51. The Labute approximate surface area is 190 Å². The van der Waals surface area contributed by atoms with Crippen molar-refractivity contribution in [2.45, 2.75) is 12.3 Å². The third-order valence-electron chi connectivity index (χ3n) is 4.58. The first-order valence-electron chi connectivity index (χ1n) is 9.03. The molecule has 0 spiro atoms. The minimum Gasteiger partial charge on any atom is -0.324 e. The quantitative estimate of drug-likeness (QED) is 0.439. The summed E-state index contributed by atoms with van der Waals surface area (Å²) >= 11 is 18.1. The highest BCUT2D eigenvalue weighted by atomic mass is 35.5. The Morgan fingerprint density at radius 1 is 1.03 bits per heavy atom. The van der Waals surface area contributed by atoms with Gasteiger partial charge in [-0.1, -0.05) is 46.9 Å². The summed E-state index contributed by atoms with van der Waals surface area (Å²) in [5, 5.41) is 9.17. The van der Waals surface area contributed by atoms with E-state index in [4.69, 9.17) is 34.8 Å². The average Bonchev–Trinajstić information content (AvgIpc) is 2.71. The van der Waals surface area contributed by atoms with E-state index in [0.29, 0.717) is 26.4 Å². The van der Waals surface area contributed by atoms with E-state index in [0.717, 1.165) is 0 Å². The van der Waals surface area contributed by atoms with Crippen LogP contribution in [-0.4, -0.2) is 21.8 Å². The molecule has 1 aliphatic heterocycles. The van der Waals surface area contributed by atoms with Gasteiger partial charge in [0.2, 0.25) is 17.8 Å². The second kappa shape index (κ2) is 8.58. The number of aromatic amines is 1.